The van der Waals surface area contributed by atoms with Crippen LogP contribution in [0.3, 0.4) is 0 Å². The van der Waals surface area contributed by atoms with Crippen molar-refractivity contribution >= 4 is 21.6 Å². The van der Waals surface area contributed by atoms with E-state index in [4.69, 9.17) is 0 Å². The van der Waals surface area contributed by atoms with E-state index in [9.17, 15) is 13.2 Å². The molecular weight excluding hydrogens is 319 g/mol. The summed E-state index contributed by atoms with van der Waals surface area (Å²) in [7, 11) is 0. The maximum atomic E-state index is 13.6. The molecule has 0 aromatic heterocycles. The normalized spacial score (nSPS) is 12.3. The zero-order valence-electron chi connectivity index (χ0n) is 10.1. The van der Waals surface area contributed by atoms with Gasteiger partial charge in [-0.3, -0.25) is 0 Å². The molecular formula is C14H11BrF3N. The van der Waals surface area contributed by atoms with Gasteiger partial charge in [0.05, 0.1) is 10.2 Å². The van der Waals surface area contributed by atoms with E-state index in [1.807, 2.05) is 0 Å². The lowest BCUT2D eigenvalue weighted by Gasteiger charge is -2.16. The molecule has 0 saturated heterocycles. The summed E-state index contributed by atoms with van der Waals surface area (Å²) in [5.41, 5.74) is 0.838. The largest absolute Gasteiger partial charge is 0.376 e. The Balaban J connectivity index is 2.24. The fourth-order valence-electron chi connectivity index (χ4n) is 1.73. The van der Waals surface area contributed by atoms with Gasteiger partial charge < -0.3 is 5.32 Å². The molecule has 0 aliphatic carbocycles. The molecule has 1 atom stereocenters. The minimum atomic E-state index is -0.691. The van der Waals surface area contributed by atoms with Crippen molar-refractivity contribution in [3.63, 3.8) is 0 Å². The van der Waals surface area contributed by atoms with Crippen LogP contribution in [-0.2, 0) is 0 Å². The summed E-state index contributed by atoms with van der Waals surface area (Å²) in [4.78, 5) is 0. The van der Waals surface area contributed by atoms with Gasteiger partial charge in [-0.05, 0) is 46.6 Å². The Morgan fingerprint density at radius 3 is 2.47 bits per heavy atom. The van der Waals surface area contributed by atoms with Crippen LogP contribution in [0.15, 0.2) is 40.9 Å². The van der Waals surface area contributed by atoms with Crippen LogP contribution in [0.4, 0.5) is 18.9 Å². The van der Waals surface area contributed by atoms with Gasteiger partial charge in [0.25, 0.3) is 0 Å². The predicted molar refractivity (Wildman–Crippen MR) is 72.5 cm³/mol. The fraction of sp³-hybridized carbons (Fsp3) is 0.143. The molecule has 0 aliphatic heterocycles. The Bertz CT molecular complexity index is 601. The zero-order valence-corrected chi connectivity index (χ0v) is 11.6. The lowest BCUT2D eigenvalue weighted by molar-refractivity contribution is 0.579. The number of hydrogen-bond acceptors (Lipinski definition) is 1. The highest BCUT2D eigenvalue weighted by atomic mass is 79.9. The minimum absolute atomic E-state index is 0.157. The molecule has 0 fully saturated rings. The molecule has 0 radical (unpaired) electrons. The first-order valence-electron chi connectivity index (χ1n) is 5.64. The van der Waals surface area contributed by atoms with E-state index >= 15 is 0 Å². The van der Waals surface area contributed by atoms with Crippen molar-refractivity contribution < 1.29 is 13.2 Å². The van der Waals surface area contributed by atoms with Gasteiger partial charge >= 0.3 is 0 Å². The van der Waals surface area contributed by atoms with Gasteiger partial charge in [0.2, 0.25) is 0 Å². The minimum Gasteiger partial charge on any atom is -0.376 e. The van der Waals surface area contributed by atoms with Gasteiger partial charge in [-0.1, -0.05) is 12.1 Å². The van der Waals surface area contributed by atoms with Crippen molar-refractivity contribution in [3.8, 4) is 0 Å². The topological polar surface area (TPSA) is 12.0 Å². The number of anilines is 1. The number of nitrogens with one attached hydrogen (secondary N) is 1. The molecule has 0 amide bonds. The summed E-state index contributed by atoms with van der Waals surface area (Å²) in [6, 6.07) is 7.84. The molecule has 0 bridgehead atoms. The molecule has 5 heteroatoms. The van der Waals surface area contributed by atoms with Crippen molar-refractivity contribution in [2.75, 3.05) is 5.32 Å². The first-order valence-corrected chi connectivity index (χ1v) is 6.43. The van der Waals surface area contributed by atoms with E-state index < -0.39 is 11.6 Å². The van der Waals surface area contributed by atoms with Crippen molar-refractivity contribution in [1.29, 1.82) is 0 Å². The molecule has 1 nitrogen and oxygen atoms in total. The molecule has 2 aromatic carbocycles. The average molecular weight is 330 g/mol. The number of hydrogen-bond donors (Lipinski definition) is 1. The Morgan fingerprint density at radius 2 is 1.79 bits per heavy atom. The maximum Gasteiger partial charge on any atom is 0.149 e. The molecule has 2 rings (SSSR count). The summed E-state index contributed by atoms with van der Waals surface area (Å²) in [6.07, 6.45) is 0. The number of benzene rings is 2. The van der Waals surface area contributed by atoms with E-state index in [0.717, 1.165) is 6.07 Å². The molecule has 0 spiro atoms. The van der Waals surface area contributed by atoms with Gasteiger partial charge in [0.1, 0.15) is 17.5 Å². The van der Waals surface area contributed by atoms with Crippen LogP contribution in [0.1, 0.15) is 18.5 Å². The van der Waals surface area contributed by atoms with E-state index in [1.165, 1.54) is 18.2 Å². The quantitative estimate of drug-likeness (QED) is 0.778. The van der Waals surface area contributed by atoms with E-state index in [1.54, 1.807) is 19.1 Å². The summed E-state index contributed by atoms with van der Waals surface area (Å²) in [5.74, 6) is -1.71. The third-order valence-corrected chi connectivity index (χ3v) is 3.34. The van der Waals surface area contributed by atoms with E-state index in [2.05, 4.69) is 21.2 Å². The Labute approximate surface area is 117 Å². The second-order valence-corrected chi connectivity index (χ2v) is 5.02. The first kappa shape index (κ1) is 13.9. The third-order valence-electron chi connectivity index (χ3n) is 2.73. The van der Waals surface area contributed by atoms with Gasteiger partial charge in [-0.2, -0.15) is 0 Å². The SMILES string of the molecule is CC(Nc1cc(Br)c(F)cc1F)c1cccc(F)c1. The number of halogens is 4. The summed E-state index contributed by atoms with van der Waals surface area (Å²) < 4.78 is 40.0. The Hall–Kier alpha value is -1.49. The van der Waals surface area contributed by atoms with E-state index in [-0.39, 0.29) is 22.0 Å². The van der Waals surface area contributed by atoms with Crippen LogP contribution < -0.4 is 5.32 Å². The number of rotatable bonds is 3. The van der Waals surface area contributed by atoms with Crippen LogP contribution in [0.5, 0.6) is 0 Å². The molecule has 0 aliphatic rings. The van der Waals surface area contributed by atoms with E-state index in [0.29, 0.717) is 5.56 Å². The van der Waals surface area contributed by atoms with Crippen molar-refractivity contribution in [2.24, 2.45) is 0 Å². The molecule has 1 unspecified atom stereocenters. The zero-order chi connectivity index (χ0) is 14.0. The first-order chi connectivity index (χ1) is 8.97. The van der Waals surface area contributed by atoms with Crippen molar-refractivity contribution in [3.05, 3.63) is 63.9 Å². The van der Waals surface area contributed by atoms with Crippen LogP contribution in [0, 0.1) is 17.5 Å². The van der Waals surface area contributed by atoms with Crippen LogP contribution in [-0.4, -0.2) is 0 Å². The van der Waals surface area contributed by atoms with Crippen LogP contribution >= 0.6 is 15.9 Å². The Kier molecular flexibility index (Phi) is 4.14. The second-order valence-electron chi connectivity index (χ2n) is 4.17. The molecule has 0 saturated carbocycles. The molecule has 2 aromatic rings. The standard InChI is InChI=1S/C14H11BrF3N/c1-8(9-3-2-4-10(16)5-9)19-14-6-11(15)12(17)7-13(14)18/h2-8,19H,1H3. The van der Waals surface area contributed by atoms with Gasteiger partial charge in [0, 0.05) is 12.1 Å². The fourth-order valence-corrected chi connectivity index (χ4v) is 2.07. The highest BCUT2D eigenvalue weighted by Crippen LogP contribution is 2.27. The van der Waals surface area contributed by atoms with Crippen LogP contribution in [0.2, 0.25) is 0 Å². The van der Waals surface area contributed by atoms with Gasteiger partial charge in [-0.15, -0.1) is 0 Å². The lowest BCUT2D eigenvalue weighted by Crippen LogP contribution is -2.08. The van der Waals surface area contributed by atoms with Crippen molar-refractivity contribution in [2.45, 2.75) is 13.0 Å². The third kappa shape index (κ3) is 3.29. The Morgan fingerprint density at radius 1 is 1.05 bits per heavy atom. The summed E-state index contributed by atoms with van der Waals surface area (Å²) in [5, 5.41) is 2.88. The highest BCUT2D eigenvalue weighted by molar-refractivity contribution is 9.10. The predicted octanol–water partition coefficient (Wildman–Crippen LogP) is 5.04. The molecule has 100 valence electrons. The van der Waals surface area contributed by atoms with Gasteiger partial charge in [-0.25, -0.2) is 13.2 Å². The maximum absolute atomic E-state index is 13.6. The van der Waals surface area contributed by atoms with Gasteiger partial charge in [0.15, 0.2) is 0 Å². The molecule has 1 N–H and O–H groups in total. The lowest BCUT2D eigenvalue weighted by atomic mass is 10.1. The average Bonchev–Trinajstić information content (AvgIpc) is 2.36. The second kappa shape index (κ2) is 5.65. The monoisotopic (exact) mass is 329 g/mol. The highest BCUT2D eigenvalue weighted by Gasteiger charge is 2.12. The molecule has 19 heavy (non-hydrogen) atoms. The smallest absolute Gasteiger partial charge is 0.149 e. The molecule has 0 heterocycles. The summed E-state index contributed by atoms with van der Waals surface area (Å²) in [6.45, 7) is 1.77. The van der Waals surface area contributed by atoms with Crippen molar-refractivity contribution in [1.82, 2.24) is 0 Å². The summed E-state index contributed by atoms with van der Waals surface area (Å²) >= 11 is 3.00. The van der Waals surface area contributed by atoms with Crippen LogP contribution in [0.25, 0.3) is 0 Å².